The smallest absolute Gasteiger partial charge is 0.177 e. The summed E-state index contributed by atoms with van der Waals surface area (Å²) in [6.45, 7) is 0. The Hall–Kier alpha value is -0.773. The summed E-state index contributed by atoms with van der Waals surface area (Å²) in [7, 11) is -1.09. The topological polar surface area (TPSA) is 0 Å². The molecular formula is C7H5F3Si. The van der Waals surface area contributed by atoms with Gasteiger partial charge in [0.1, 0.15) is 0 Å². The molecule has 0 saturated carbocycles. The van der Waals surface area contributed by atoms with Crippen molar-refractivity contribution in [3.8, 4) is 0 Å². The van der Waals surface area contributed by atoms with Gasteiger partial charge in [0, 0.05) is 0 Å². The Kier molecular flexibility index (Phi) is 2.33. The molecule has 0 fully saturated rings. The van der Waals surface area contributed by atoms with Crippen LogP contribution >= 0.6 is 0 Å². The molecule has 0 saturated heterocycles. The summed E-state index contributed by atoms with van der Waals surface area (Å²) >= 11 is 0. The summed E-state index contributed by atoms with van der Waals surface area (Å²) in [5, 5.41) is 0.333. The first-order chi connectivity index (χ1) is 5.08. The number of hydrogen-bond acceptors (Lipinski definition) is 0. The summed E-state index contributed by atoms with van der Waals surface area (Å²) < 4.78 is 35.3. The van der Waals surface area contributed by atoms with Crippen LogP contribution in [-0.2, 0) is 0 Å². The molecule has 4 heteroatoms. The van der Waals surface area contributed by atoms with Crippen molar-refractivity contribution in [1.82, 2.24) is 0 Å². The normalized spacial score (nSPS) is 11.5. The monoisotopic (exact) mass is 174 g/mol. The summed E-state index contributed by atoms with van der Waals surface area (Å²) in [5.74, 6) is -4.07. The van der Waals surface area contributed by atoms with Crippen LogP contribution in [0.1, 0.15) is 0 Å². The van der Waals surface area contributed by atoms with E-state index in [0.29, 0.717) is 5.19 Å². The highest BCUT2D eigenvalue weighted by atomic mass is 28.2. The van der Waals surface area contributed by atoms with Crippen molar-refractivity contribution in [3.05, 3.63) is 30.3 Å². The molecule has 0 heterocycles. The van der Waals surface area contributed by atoms with Crippen molar-refractivity contribution in [2.75, 3.05) is 0 Å². The fourth-order valence-corrected chi connectivity index (χ4v) is 1.37. The molecule has 0 aliphatic rings. The second kappa shape index (κ2) is 3.09. The van der Waals surface area contributed by atoms with Gasteiger partial charge in [-0.3, -0.25) is 0 Å². The van der Waals surface area contributed by atoms with Crippen molar-refractivity contribution in [2.24, 2.45) is 0 Å². The number of halogens is 3. The van der Waals surface area contributed by atoms with E-state index in [2.05, 4.69) is 0 Å². The van der Waals surface area contributed by atoms with Gasteiger partial charge in [-0.15, -0.1) is 0 Å². The van der Waals surface area contributed by atoms with Crippen molar-refractivity contribution in [3.63, 3.8) is 0 Å². The average molecular weight is 174 g/mol. The maximum absolute atomic E-state index is 11.8. The molecule has 1 aromatic rings. The number of hydrogen-bond donors (Lipinski definition) is 0. The first kappa shape index (κ1) is 8.32. The fourth-order valence-electron chi connectivity index (χ4n) is 0.685. The van der Waals surface area contributed by atoms with Crippen LogP contribution in [0.3, 0.4) is 0 Å². The first-order valence-electron chi connectivity index (χ1n) is 2.98. The van der Waals surface area contributed by atoms with Crippen LogP contribution in [0.25, 0.3) is 0 Å². The predicted molar refractivity (Wildman–Crippen MR) is 37.9 cm³/mol. The summed E-state index contributed by atoms with van der Waals surface area (Å²) in [6, 6.07) is 7.87. The van der Waals surface area contributed by atoms with Gasteiger partial charge in [0.05, 0.1) is 0 Å². The van der Waals surface area contributed by atoms with E-state index in [1.807, 2.05) is 0 Å². The highest BCUT2D eigenvalue weighted by molar-refractivity contribution is 6.55. The fraction of sp³-hybridized carbons (Fsp3) is 0.143. The molecule has 0 unspecified atom stereocenters. The molecule has 0 amide bonds. The van der Waals surface area contributed by atoms with Crippen LogP contribution < -0.4 is 5.19 Å². The zero-order chi connectivity index (χ0) is 8.32. The molecule has 0 aliphatic carbocycles. The molecule has 1 aromatic carbocycles. The van der Waals surface area contributed by atoms with E-state index in [0.717, 1.165) is 0 Å². The van der Waals surface area contributed by atoms with Crippen LogP contribution in [0.15, 0.2) is 30.3 Å². The molecule has 2 radical (unpaired) electrons. The maximum Gasteiger partial charge on any atom is 0.362 e. The first-order valence-corrected chi connectivity index (χ1v) is 3.98. The number of benzene rings is 1. The Morgan fingerprint density at radius 2 is 1.55 bits per heavy atom. The van der Waals surface area contributed by atoms with Crippen LogP contribution in [0.2, 0.25) is 0 Å². The lowest BCUT2D eigenvalue weighted by Gasteiger charge is -2.03. The predicted octanol–water partition coefficient (Wildman–Crippen LogP) is 1.54. The summed E-state index contributed by atoms with van der Waals surface area (Å²) in [5.41, 5.74) is 0. The van der Waals surface area contributed by atoms with Crippen LogP contribution in [0.5, 0.6) is 0 Å². The Balaban J connectivity index is 2.66. The lowest BCUT2D eigenvalue weighted by Crippen LogP contribution is -2.29. The van der Waals surface area contributed by atoms with Gasteiger partial charge in [-0.25, -0.2) is 0 Å². The quantitative estimate of drug-likeness (QED) is 0.566. The van der Waals surface area contributed by atoms with Gasteiger partial charge < -0.3 is 0 Å². The minimum atomic E-state index is -4.07. The molecule has 0 bridgehead atoms. The molecule has 0 atom stereocenters. The molecule has 0 nitrogen and oxygen atoms in total. The van der Waals surface area contributed by atoms with Gasteiger partial charge in [-0.2, -0.15) is 13.2 Å². The van der Waals surface area contributed by atoms with E-state index in [-0.39, 0.29) is 0 Å². The third-order valence-electron chi connectivity index (χ3n) is 1.06. The summed E-state index contributed by atoms with van der Waals surface area (Å²) in [6.07, 6.45) is 0. The van der Waals surface area contributed by atoms with E-state index in [9.17, 15) is 13.2 Å². The Bertz CT molecular complexity index is 217. The maximum atomic E-state index is 11.8. The third kappa shape index (κ3) is 3.22. The van der Waals surface area contributed by atoms with Gasteiger partial charge in [0.15, 0.2) is 0 Å². The second-order valence-corrected chi connectivity index (χ2v) is 3.38. The van der Waals surface area contributed by atoms with E-state index in [1.165, 1.54) is 12.1 Å². The molecular weight excluding hydrogens is 169 g/mol. The van der Waals surface area contributed by atoms with Gasteiger partial charge in [-0.1, -0.05) is 35.5 Å². The third-order valence-corrected chi connectivity index (χ3v) is 1.97. The molecule has 0 spiro atoms. The van der Waals surface area contributed by atoms with Crippen molar-refractivity contribution >= 4 is 14.7 Å². The molecule has 58 valence electrons. The van der Waals surface area contributed by atoms with E-state index in [1.54, 1.807) is 18.2 Å². The minimum Gasteiger partial charge on any atom is -0.177 e. The van der Waals surface area contributed by atoms with E-state index < -0.39 is 15.3 Å². The Morgan fingerprint density at radius 1 is 1.00 bits per heavy atom. The lowest BCUT2D eigenvalue weighted by molar-refractivity contribution is -0.0455. The second-order valence-electron chi connectivity index (χ2n) is 1.99. The van der Waals surface area contributed by atoms with Crippen LogP contribution in [-0.4, -0.2) is 15.3 Å². The SMILES string of the molecule is FC(F)(F)[Si]c1ccccc1. The largest absolute Gasteiger partial charge is 0.362 e. The molecule has 1 rings (SSSR count). The zero-order valence-electron chi connectivity index (χ0n) is 5.52. The number of rotatable bonds is 1. The van der Waals surface area contributed by atoms with Gasteiger partial charge in [0.25, 0.3) is 0 Å². The average Bonchev–Trinajstić information content (AvgIpc) is 1.85. The number of alkyl halides is 3. The summed E-state index contributed by atoms with van der Waals surface area (Å²) in [4.78, 5) is 0. The minimum absolute atomic E-state index is 0.333. The van der Waals surface area contributed by atoms with Crippen molar-refractivity contribution in [2.45, 2.75) is 5.80 Å². The highest BCUT2D eigenvalue weighted by Gasteiger charge is 2.28. The van der Waals surface area contributed by atoms with Crippen molar-refractivity contribution < 1.29 is 13.2 Å². The van der Waals surface area contributed by atoms with Gasteiger partial charge in [0.2, 0.25) is 9.52 Å². The molecule has 0 aliphatic heterocycles. The van der Waals surface area contributed by atoms with E-state index >= 15 is 0 Å². The molecule has 11 heavy (non-hydrogen) atoms. The highest BCUT2D eigenvalue weighted by Crippen LogP contribution is 2.11. The van der Waals surface area contributed by atoms with Crippen molar-refractivity contribution in [1.29, 1.82) is 0 Å². The Morgan fingerprint density at radius 3 is 2.00 bits per heavy atom. The van der Waals surface area contributed by atoms with Crippen LogP contribution in [0.4, 0.5) is 13.2 Å². The van der Waals surface area contributed by atoms with Gasteiger partial charge >= 0.3 is 5.80 Å². The van der Waals surface area contributed by atoms with Crippen LogP contribution in [0, 0.1) is 0 Å². The Labute approximate surface area is 64.9 Å². The molecule has 0 N–H and O–H groups in total. The van der Waals surface area contributed by atoms with Gasteiger partial charge in [-0.05, 0) is 0 Å². The zero-order valence-corrected chi connectivity index (χ0v) is 6.52. The van der Waals surface area contributed by atoms with E-state index in [4.69, 9.17) is 0 Å². The lowest BCUT2D eigenvalue weighted by atomic mass is 10.4. The standard InChI is InChI=1S/C7H5F3Si/c8-7(9,10)11-6-4-2-1-3-5-6/h1-5H. The molecule has 0 aromatic heterocycles.